The van der Waals surface area contributed by atoms with Gasteiger partial charge in [-0.3, -0.25) is 0 Å². The Bertz CT molecular complexity index is 323. The van der Waals surface area contributed by atoms with Gasteiger partial charge in [0, 0.05) is 0 Å². The summed E-state index contributed by atoms with van der Waals surface area (Å²) < 4.78 is 10.5. The van der Waals surface area contributed by atoms with E-state index in [9.17, 15) is 0 Å². The molecule has 2 heteroatoms. The summed E-state index contributed by atoms with van der Waals surface area (Å²) in [5.74, 6) is 1.79. The van der Waals surface area contributed by atoms with E-state index >= 15 is 0 Å². The minimum absolute atomic E-state index is 0.859. The molecule has 0 aliphatic rings. The lowest BCUT2D eigenvalue weighted by Gasteiger charge is -1.79. The molecular weight excluding hydrogens is 128 g/mol. The first-order valence-electron chi connectivity index (χ1n) is 3.22. The van der Waals surface area contributed by atoms with Crippen LogP contribution in [0.25, 0.3) is 11.0 Å². The monoisotopic (exact) mass is 136 g/mol. The van der Waals surface area contributed by atoms with Crippen molar-refractivity contribution in [1.82, 2.24) is 0 Å². The van der Waals surface area contributed by atoms with E-state index in [0.717, 1.165) is 22.5 Å². The summed E-state index contributed by atoms with van der Waals surface area (Å²) in [5.41, 5.74) is 0.873. The van der Waals surface area contributed by atoms with E-state index in [2.05, 4.69) is 0 Å². The molecule has 0 atom stereocenters. The van der Waals surface area contributed by atoms with E-state index in [4.69, 9.17) is 8.83 Å². The highest BCUT2D eigenvalue weighted by atomic mass is 16.4. The SMILES string of the molecule is Cc1oc(C)c2occc12. The summed E-state index contributed by atoms with van der Waals surface area (Å²) in [7, 11) is 0. The predicted molar refractivity (Wildman–Crippen MR) is 38.0 cm³/mol. The summed E-state index contributed by atoms with van der Waals surface area (Å²) >= 11 is 0. The van der Waals surface area contributed by atoms with Crippen molar-refractivity contribution in [2.45, 2.75) is 13.8 Å². The van der Waals surface area contributed by atoms with Gasteiger partial charge < -0.3 is 8.83 Å². The molecule has 0 aromatic carbocycles. The van der Waals surface area contributed by atoms with Crippen LogP contribution in [0.4, 0.5) is 0 Å². The highest BCUT2D eigenvalue weighted by molar-refractivity contribution is 5.81. The van der Waals surface area contributed by atoms with Crippen LogP contribution in [0.1, 0.15) is 11.5 Å². The van der Waals surface area contributed by atoms with Gasteiger partial charge in [0.1, 0.15) is 11.5 Å². The minimum Gasteiger partial charge on any atom is -0.462 e. The van der Waals surface area contributed by atoms with Gasteiger partial charge >= 0.3 is 0 Å². The molecule has 0 bridgehead atoms. The van der Waals surface area contributed by atoms with Crippen molar-refractivity contribution in [1.29, 1.82) is 0 Å². The van der Waals surface area contributed by atoms with Crippen LogP contribution in [-0.4, -0.2) is 0 Å². The van der Waals surface area contributed by atoms with Crippen LogP contribution in [0, 0.1) is 13.8 Å². The molecule has 0 saturated carbocycles. The fraction of sp³-hybridized carbons (Fsp3) is 0.250. The second-order valence-electron chi connectivity index (χ2n) is 2.38. The van der Waals surface area contributed by atoms with Crippen molar-refractivity contribution in [3.05, 3.63) is 23.9 Å². The molecule has 0 amide bonds. The van der Waals surface area contributed by atoms with Gasteiger partial charge in [-0.25, -0.2) is 0 Å². The first-order chi connectivity index (χ1) is 4.79. The smallest absolute Gasteiger partial charge is 0.175 e. The second-order valence-corrected chi connectivity index (χ2v) is 2.38. The molecule has 2 heterocycles. The molecule has 0 N–H and O–H groups in total. The Hall–Kier alpha value is -1.18. The quantitative estimate of drug-likeness (QED) is 0.556. The molecule has 0 aliphatic heterocycles. The van der Waals surface area contributed by atoms with Gasteiger partial charge in [-0.05, 0) is 19.9 Å². The number of aryl methyl sites for hydroxylation is 2. The largest absolute Gasteiger partial charge is 0.462 e. The Morgan fingerprint density at radius 3 is 2.70 bits per heavy atom. The molecule has 0 spiro atoms. The Morgan fingerprint density at radius 2 is 2.00 bits per heavy atom. The average molecular weight is 136 g/mol. The first-order valence-corrected chi connectivity index (χ1v) is 3.22. The molecule has 0 fully saturated rings. The molecule has 10 heavy (non-hydrogen) atoms. The molecular formula is C8H8O2. The van der Waals surface area contributed by atoms with Gasteiger partial charge in [-0.1, -0.05) is 0 Å². The van der Waals surface area contributed by atoms with Crippen molar-refractivity contribution in [2.75, 3.05) is 0 Å². The molecule has 2 rings (SSSR count). The van der Waals surface area contributed by atoms with Crippen LogP contribution in [0.5, 0.6) is 0 Å². The zero-order chi connectivity index (χ0) is 7.14. The number of hydrogen-bond acceptors (Lipinski definition) is 2. The average Bonchev–Trinajstić information content (AvgIpc) is 2.39. The molecule has 2 aromatic heterocycles. The zero-order valence-electron chi connectivity index (χ0n) is 5.97. The summed E-state index contributed by atoms with van der Waals surface area (Å²) in [6, 6.07) is 1.92. The van der Waals surface area contributed by atoms with Gasteiger partial charge in [0.2, 0.25) is 0 Å². The molecule has 0 unspecified atom stereocenters. The van der Waals surface area contributed by atoms with Crippen LogP contribution in [0.15, 0.2) is 21.2 Å². The van der Waals surface area contributed by atoms with Crippen LogP contribution in [-0.2, 0) is 0 Å². The highest BCUT2D eigenvalue weighted by Gasteiger charge is 2.07. The third-order valence-electron chi connectivity index (χ3n) is 1.67. The van der Waals surface area contributed by atoms with Crippen LogP contribution < -0.4 is 0 Å². The topological polar surface area (TPSA) is 26.3 Å². The van der Waals surface area contributed by atoms with Gasteiger partial charge in [-0.15, -0.1) is 0 Å². The van der Waals surface area contributed by atoms with E-state index in [1.807, 2.05) is 19.9 Å². The molecule has 52 valence electrons. The Balaban J connectivity index is 2.98. The summed E-state index contributed by atoms with van der Waals surface area (Å²) in [6.07, 6.45) is 1.68. The van der Waals surface area contributed by atoms with Gasteiger partial charge in [-0.2, -0.15) is 0 Å². The van der Waals surface area contributed by atoms with Crippen molar-refractivity contribution < 1.29 is 8.83 Å². The normalized spacial score (nSPS) is 11.0. The van der Waals surface area contributed by atoms with Gasteiger partial charge in [0.15, 0.2) is 5.58 Å². The van der Waals surface area contributed by atoms with E-state index in [1.165, 1.54) is 0 Å². The Kier molecular flexibility index (Phi) is 0.926. The molecule has 0 saturated heterocycles. The highest BCUT2D eigenvalue weighted by Crippen LogP contribution is 2.25. The number of furan rings is 2. The third kappa shape index (κ3) is 0.533. The second kappa shape index (κ2) is 1.66. The summed E-state index contributed by atoms with van der Waals surface area (Å²) in [5, 5.41) is 1.08. The maximum atomic E-state index is 5.31. The van der Waals surface area contributed by atoms with Crippen molar-refractivity contribution in [3.63, 3.8) is 0 Å². The van der Waals surface area contributed by atoms with E-state index in [0.29, 0.717) is 0 Å². The van der Waals surface area contributed by atoms with Crippen LogP contribution in [0.2, 0.25) is 0 Å². The molecule has 0 aliphatic carbocycles. The van der Waals surface area contributed by atoms with Crippen molar-refractivity contribution in [3.8, 4) is 0 Å². The van der Waals surface area contributed by atoms with Crippen molar-refractivity contribution >= 4 is 11.0 Å². The number of hydrogen-bond donors (Lipinski definition) is 0. The maximum Gasteiger partial charge on any atom is 0.175 e. The Morgan fingerprint density at radius 1 is 1.20 bits per heavy atom. The number of fused-ring (bicyclic) bond motifs is 1. The van der Waals surface area contributed by atoms with E-state index < -0.39 is 0 Å². The van der Waals surface area contributed by atoms with Gasteiger partial charge in [0.25, 0.3) is 0 Å². The lowest BCUT2D eigenvalue weighted by Crippen LogP contribution is -1.57. The fourth-order valence-corrected chi connectivity index (χ4v) is 1.19. The van der Waals surface area contributed by atoms with Gasteiger partial charge in [0.05, 0.1) is 11.6 Å². The molecule has 2 aromatic rings. The molecule has 0 radical (unpaired) electrons. The van der Waals surface area contributed by atoms with E-state index in [1.54, 1.807) is 6.26 Å². The first kappa shape index (κ1) is 5.59. The predicted octanol–water partition coefficient (Wildman–Crippen LogP) is 2.64. The fourth-order valence-electron chi connectivity index (χ4n) is 1.19. The number of rotatable bonds is 0. The van der Waals surface area contributed by atoms with Crippen molar-refractivity contribution in [2.24, 2.45) is 0 Å². The van der Waals surface area contributed by atoms with Crippen LogP contribution >= 0.6 is 0 Å². The Labute approximate surface area is 58.4 Å². The lowest BCUT2D eigenvalue weighted by molar-refractivity contribution is 0.495. The maximum absolute atomic E-state index is 5.31. The zero-order valence-corrected chi connectivity index (χ0v) is 5.97. The summed E-state index contributed by atoms with van der Waals surface area (Å²) in [6.45, 7) is 3.84. The lowest BCUT2D eigenvalue weighted by atomic mass is 10.3. The van der Waals surface area contributed by atoms with E-state index in [-0.39, 0.29) is 0 Å². The minimum atomic E-state index is 0.859. The third-order valence-corrected chi connectivity index (χ3v) is 1.67. The molecule has 2 nitrogen and oxygen atoms in total. The standard InChI is InChI=1S/C8H8O2/c1-5-7-3-4-9-8(7)6(2)10-5/h3-4H,1-2H3. The summed E-state index contributed by atoms with van der Waals surface area (Å²) in [4.78, 5) is 0. The van der Waals surface area contributed by atoms with Crippen LogP contribution in [0.3, 0.4) is 0 Å².